The summed E-state index contributed by atoms with van der Waals surface area (Å²) in [5.41, 5.74) is 2.26. The lowest BCUT2D eigenvalue weighted by Gasteiger charge is -2.26. The normalized spacial score (nSPS) is 12.4. The molecule has 3 aromatic carbocycles. The molecule has 5 nitrogen and oxygen atoms in total. The van der Waals surface area contributed by atoms with Crippen LogP contribution in [0.3, 0.4) is 0 Å². The Balaban J connectivity index is 1.92. The molecule has 3 rings (SSSR count). The van der Waals surface area contributed by atoms with Gasteiger partial charge in [-0.2, -0.15) is 0 Å². The van der Waals surface area contributed by atoms with E-state index in [-0.39, 0.29) is 23.4 Å². The largest absolute Gasteiger partial charge is 0.348 e. The van der Waals surface area contributed by atoms with E-state index in [9.17, 15) is 13.2 Å². The van der Waals surface area contributed by atoms with Crippen LogP contribution in [0.25, 0.3) is 0 Å². The molecule has 0 aromatic heterocycles. The van der Waals surface area contributed by atoms with Crippen LogP contribution < -0.4 is 9.62 Å². The molecule has 0 unspecified atom stereocenters. The first-order valence-corrected chi connectivity index (χ1v) is 12.7. The molecule has 0 radical (unpaired) electrons. The van der Waals surface area contributed by atoms with Gasteiger partial charge in [0.1, 0.15) is 6.54 Å². The average Bonchev–Trinajstić information content (AvgIpc) is 2.77. The van der Waals surface area contributed by atoms with Gasteiger partial charge in [-0.3, -0.25) is 9.10 Å². The number of nitrogens with zero attached hydrogens (tertiary/aromatic N) is 1. The maximum absolute atomic E-state index is 13.5. The highest BCUT2D eigenvalue weighted by Crippen LogP contribution is 2.27. The molecule has 3 aromatic rings. The number of nitrogens with one attached hydrogen (secondary N) is 1. The molecule has 0 bridgehead atoms. The molecule has 0 heterocycles. The molecule has 0 saturated heterocycles. The molecule has 0 saturated carbocycles. The predicted molar refractivity (Wildman–Crippen MR) is 134 cm³/mol. The molecule has 0 aliphatic heterocycles. The Kier molecular flexibility index (Phi) is 8.16. The molecule has 7 heteroatoms. The van der Waals surface area contributed by atoms with Crippen LogP contribution in [-0.4, -0.2) is 20.9 Å². The van der Waals surface area contributed by atoms with Crippen molar-refractivity contribution in [2.24, 2.45) is 5.92 Å². The Labute approximate surface area is 201 Å². The SMILES string of the molecule is Cc1ccc(S(=O)(=O)N(CC(=O)N[C@@H](CC(C)C)c2ccccc2)c2cccc(Cl)c2)cc1. The third-order valence-corrected chi connectivity index (χ3v) is 7.26. The second-order valence-corrected chi connectivity index (χ2v) is 10.8. The van der Waals surface area contributed by atoms with Gasteiger partial charge in [0.2, 0.25) is 5.91 Å². The van der Waals surface area contributed by atoms with Crippen molar-refractivity contribution >= 4 is 33.2 Å². The number of halogens is 1. The van der Waals surface area contributed by atoms with E-state index < -0.39 is 10.0 Å². The molecule has 1 atom stereocenters. The van der Waals surface area contributed by atoms with Gasteiger partial charge >= 0.3 is 0 Å². The number of sulfonamides is 1. The summed E-state index contributed by atoms with van der Waals surface area (Å²) in [6.07, 6.45) is 0.734. The molecule has 174 valence electrons. The number of benzene rings is 3. The summed E-state index contributed by atoms with van der Waals surface area (Å²) in [6.45, 7) is 5.69. The Morgan fingerprint density at radius 1 is 0.970 bits per heavy atom. The fourth-order valence-electron chi connectivity index (χ4n) is 3.59. The lowest BCUT2D eigenvalue weighted by atomic mass is 9.97. The van der Waals surface area contributed by atoms with Crippen molar-refractivity contribution in [1.29, 1.82) is 0 Å². The first kappa shape index (κ1) is 24.8. The maximum atomic E-state index is 13.5. The highest BCUT2D eigenvalue weighted by molar-refractivity contribution is 7.92. The quantitative estimate of drug-likeness (QED) is 0.420. The van der Waals surface area contributed by atoms with Crippen LogP contribution >= 0.6 is 11.6 Å². The van der Waals surface area contributed by atoms with E-state index in [1.165, 1.54) is 0 Å². The minimum Gasteiger partial charge on any atom is -0.348 e. The van der Waals surface area contributed by atoms with E-state index in [4.69, 9.17) is 11.6 Å². The summed E-state index contributed by atoms with van der Waals surface area (Å²) in [5.74, 6) is -0.0454. The second-order valence-electron chi connectivity index (χ2n) is 8.46. The van der Waals surface area contributed by atoms with Gasteiger partial charge in [-0.15, -0.1) is 0 Å². The van der Waals surface area contributed by atoms with Gasteiger partial charge in [0.25, 0.3) is 10.0 Å². The van der Waals surface area contributed by atoms with Crippen LogP contribution in [-0.2, 0) is 14.8 Å². The number of carbonyl (C=O) groups excluding carboxylic acids is 1. The third kappa shape index (κ3) is 6.59. The zero-order chi connectivity index (χ0) is 24.0. The van der Waals surface area contributed by atoms with Crippen molar-refractivity contribution in [1.82, 2.24) is 5.32 Å². The fraction of sp³-hybridized carbons (Fsp3) is 0.269. The molecule has 0 fully saturated rings. The molecule has 0 spiro atoms. The third-order valence-electron chi connectivity index (χ3n) is 5.24. The molecule has 33 heavy (non-hydrogen) atoms. The van der Waals surface area contributed by atoms with Crippen molar-refractivity contribution in [3.05, 3.63) is 95.0 Å². The Morgan fingerprint density at radius 2 is 1.64 bits per heavy atom. The Morgan fingerprint density at radius 3 is 2.24 bits per heavy atom. The average molecular weight is 485 g/mol. The molecule has 0 aliphatic carbocycles. The topological polar surface area (TPSA) is 66.5 Å². The molecular formula is C26H29ClN2O3S. The van der Waals surface area contributed by atoms with Crippen molar-refractivity contribution in [3.63, 3.8) is 0 Å². The van der Waals surface area contributed by atoms with E-state index in [1.54, 1.807) is 48.5 Å². The summed E-state index contributed by atoms with van der Waals surface area (Å²) < 4.78 is 28.2. The number of hydrogen-bond donors (Lipinski definition) is 1. The second kappa shape index (κ2) is 10.9. The van der Waals surface area contributed by atoms with Crippen LogP contribution in [0.15, 0.2) is 83.8 Å². The summed E-state index contributed by atoms with van der Waals surface area (Å²) in [6, 6.07) is 22.5. The Hall–Kier alpha value is -2.83. The number of aryl methyl sites for hydroxylation is 1. The highest BCUT2D eigenvalue weighted by atomic mass is 35.5. The van der Waals surface area contributed by atoms with Gasteiger partial charge in [0, 0.05) is 5.02 Å². The van der Waals surface area contributed by atoms with Crippen molar-refractivity contribution < 1.29 is 13.2 Å². The zero-order valence-corrected chi connectivity index (χ0v) is 20.6. The van der Waals surface area contributed by atoms with Crippen molar-refractivity contribution in [3.8, 4) is 0 Å². The number of hydrogen-bond acceptors (Lipinski definition) is 3. The highest BCUT2D eigenvalue weighted by Gasteiger charge is 2.28. The number of carbonyl (C=O) groups is 1. The van der Waals surface area contributed by atoms with E-state index >= 15 is 0 Å². The standard InChI is InChI=1S/C26H29ClN2O3S/c1-19(2)16-25(21-8-5-4-6-9-21)28-26(30)18-29(23-11-7-10-22(27)17-23)33(31,32)24-14-12-20(3)13-15-24/h4-15,17,19,25H,16,18H2,1-3H3,(H,28,30)/t25-/m0/s1. The summed E-state index contributed by atoms with van der Waals surface area (Å²) in [7, 11) is -3.99. The Bertz CT molecular complexity index is 1180. The smallest absolute Gasteiger partial charge is 0.264 e. The lowest BCUT2D eigenvalue weighted by molar-refractivity contribution is -0.120. The molecule has 0 aliphatic rings. The summed E-state index contributed by atoms with van der Waals surface area (Å²) in [4.78, 5) is 13.3. The van der Waals surface area contributed by atoms with Gasteiger partial charge in [-0.25, -0.2) is 8.42 Å². The van der Waals surface area contributed by atoms with Crippen LogP contribution in [0.5, 0.6) is 0 Å². The van der Waals surface area contributed by atoms with Gasteiger partial charge < -0.3 is 5.32 Å². The van der Waals surface area contributed by atoms with E-state index in [0.717, 1.165) is 21.9 Å². The predicted octanol–water partition coefficient (Wildman–Crippen LogP) is 5.75. The summed E-state index contributed by atoms with van der Waals surface area (Å²) in [5, 5.41) is 3.42. The van der Waals surface area contributed by atoms with Crippen LogP contribution in [0, 0.1) is 12.8 Å². The van der Waals surface area contributed by atoms with Gasteiger partial charge in [-0.1, -0.05) is 79.5 Å². The van der Waals surface area contributed by atoms with Gasteiger partial charge in [0.05, 0.1) is 16.6 Å². The fourth-order valence-corrected chi connectivity index (χ4v) is 5.19. The maximum Gasteiger partial charge on any atom is 0.264 e. The number of amides is 1. The first-order chi connectivity index (χ1) is 15.7. The van der Waals surface area contributed by atoms with Crippen LogP contribution in [0.1, 0.15) is 37.4 Å². The molecular weight excluding hydrogens is 456 g/mol. The monoisotopic (exact) mass is 484 g/mol. The van der Waals surface area contributed by atoms with Crippen molar-refractivity contribution in [2.45, 2.75) is 38.1 Å². The van der Waals surface area contributed by atoms with E-state index in [2.05, 4.69) is 19.2 Å². The first-order valence-electron chi connectivity index (χ1n) is 10.9. The van der Waals surface area contributed by atoms with Gasteiger partial charge in [0.15, 0.2) is 0 Å². The minimum atomic E-state index is -3.99. The van der Waals surface area contributed by atoms with E-state index in [0.29, 0.717) is 16.6 Å². The number of rotatable bonds is 9. The molecule has 1 N–H and O–H groups in total. The zero-order valence-electron chi connectivity index (χ0n) is 19.0. The van der Waals surface area contributed by atoms with Crippen LogP contribution in [0.2, 0.25) is 5.02 Å². The van der Waals surface area contributed by atoms with Crippen LogP contribution in [0.4, 0.5) is 5.69 Å². The number of anilines is 1. The van der Waals surface area contributed by atoms with E-state index in [1.807, 2.05) is 37.3 Å². The lowest BCUT2D eigenvalue weighted by Crippen LogP contribution is -2.42. The van der Waals surface area contributed by atoms with Gasteiger partial charge in [-0.05, 0) is 55.2 Å². The summed E-state index contributed by atoms with van der Waals surface area (Å²) >= 11 is 6.14. The van der Waals surface area contributed by atoms with Crippen molar-refractivity contribution in [2.75, 3.05) is 10.8 Å². The minimum absolute atomic E-state index is 0.114. The molecule has 1 amide bonds.